The smallest absolute Gasteiger partial charge is 0.333 e. The second-order valence-electron chi connectivity index (χ2n) is 8.19. The third-order valence-electron chi connectivity index (χ3n) is 5.72. The predicted molar refractivity (Wildman–Crippen MR) is 132 cm³/mol. The van der Waals surface area contributed by atoms with E-state index < -0.39 is 28.4 Å². The van der Waals surface area contributed by atoms with Gasteiger partial charge < -0.3 is 16.2 Å². The number of anilines is 1. The normalized spacial score (nSPS) is 21.1. The molecule has 0 spiro atoms. The zero-order valence-corrected chi connectivity index (χ0v) is 20.6. The number of aliphatic hydroxyl groups is 1. The van der Waals surface area contributed by atoms with Gasteiger partial charge >= 0.3 is 10.3 Å². The van der Waals surface area contributed by atoms with Crippen molar-refractivity contribution >= 4 is 44.8 Å². The Morgan fingerprint density at radius 2 is 2.09 bits per heavy atom. The van der Waals surface area contributed by atoms with Crippen molar-refractivity contribution in [3.63, 3.8) is 0 Å². The molecule has 0 saturated heterocycles. The van der Waals surface area contributed by atoms with Crippen LogP contribution >= 0.6 is 22.9 Å². The number of nitrogens with zero attached hydrogens (tertiary/aromatic N) is 2. The summed E-state index contributed by atoms with van der Waals surface area (Å²) in [5, 5.41) is 15.8. The van der Waals surface area contributed by atoms with Gasteiger partial charge in [0.1, 0.15) is 12.1 Å². The van der Waals surface area contributed by atoms with Gasteiger partial charge in [-0.1, -0.05) is 23.7 Å². The average Bonchev–Trinajstić information content (AvgIpc) is 3.43. The lowest BCUT2D eigenvalue weighted by molar-refractivity contribution is 0.104. The number of carbonyl (C=O) groups is 1. The van der Waals surface area contributed by atoms with Crippen molar-refractivity contribution in [1.29, 1.82) is 0 Å². The van der Waals surface area contributed by atoms with Crippen LogP contribution in [-0.2, 0) is 10.3 Å². The zero-order chi connectivity index (χ0) is 25.2. The summed E-state index contributed by atoms with van der Waals surface area (Å²) in [6.45, 7) is 1.14. The van der Waals surface area contributed by atoms with Crippen molar-refractivity contribution in [3.05, 3.63) is 81.4 Å². The van der Waals surface area contributed by atoms with Crippen molar-refractivity contribution in [3.8, 4) is 0 Å². The van der Waals surface area contributed by atoms with E-state index in [1.165, 1.54) is 23.9 Å². The molecule has 4 atom stereocenters. The minimum atomic E-state index is -4.40. The fourth-order valence-electron chi connectivity index (χ4n) is 3.98. The third kappa shape index (κ3) is 6.41. The molecule has 0 aliphatic heterocycles. The molecule has 6 N–H and O–H groups in total. The Kier molecular flexibility index (Phi) is 7.81. The number of nitrogens with two attached hydrogens (primary N) is 1. The van der Waals surface area contributed by atoms with Crippen LogP contribution in [0.25, 0.3) is 0 Å². The molecular formula is C22H23ClN5O5S2. The highest BCUT2D eigenvalue weighted by molar-refractivity contribution is 7.83. The zero-order valence-electron chi connectivity index (χ0n) is 18.2. The lowest BCUT2D eigenvalue weighted by atomic mass is 10.0. The van der Waals surface area contributed by atoms with Crippen LogP contribution in [0, 0.1) is 12.5 Å². The molecule has 4 rings (SSSR count). The molecule has 3 aromatic rings. The van der Waals surface area contributed by atoms with Crippen molar-refractivity contribution in [1.82, 2.24) is 14.7 Å². The van der Waals surface area contributed by atoms with E-state index in [0.717, 1.165) is 17.7 Å². The summed E-state index contributed by atoms with van der Waals surface area (Å²) in [5.74, 6) is -0.500. The van der Waals surface area contributed by atoms with Gasteiger partial charge in [-0.2, -0.15) is 13.1 Å². The molecule has 0 unspecified atom stereocenters. The molecule has 1 aliphatic rings. The fourth-order valence-corrected chi connectivity index (χ4v) is 5.43. The molecule has 1 radical (unpaired) electrons. The summed E-state index contributed by atoms with van der Waals surface area (Å²) in [7, 11) is -4.40. The molecule has 10 nitrogen and oxygen atoms in total. The number of aromatic nitrogens is 2. The molecule has 1 fully saturated rings. The van der Waals surface area contributed by atoms with Crippen molar-refractivity contribution in [2.45, 2.75) is 31.0 Å². The van der Waals surface area contributed by atoms with E-state index in [4.69, 9.17) is 21.9 Å². The first-order valence-electron chi connectivity index (χ1n) is 10.6. The number of halogens is 1. The monoisotopic (exact) mass is 536 g/mol. The molecule has 185 valence electrons. The molecule has 2 heterocycles. The fraction of sp³-hybridized carbons (Fsp3) is 0.273. The van der Waals surface area contributed by atoms with Crippen molar-refractivity contribution < 1.29 is 22.9 Å². The summed E-state index contributed by atoms with van der Waals surface area (Å²) in [6, 6.07) is 8.24. The van der Waals surface area contributed by atoms with E-state index >= 15 is 0 Å². The molecule has 0 amide bonds. The van der Waals surface area contributed by atoms with Crippen LogP contribution < -0.4 is 15.8 Å². The number of hydrogen-bond donors (Lipinski definition) is 5. The summed E-state index contributed by atoms with van der Waals surface area (Å²) in [6.07, 6.45) is 2.55. The van der Waals surface area contributed by atoms with E-state index in [1.807, 2.05) is 22.2 Å². The Balaban J connectivity index is 1.47. The van der Waals surface area contributed by atoms with Crippen molar-refractivity contribution in [2.75, 3.05) is 5.32 Å². The number of ketones is 1. The van der Waals surface area contributed by atoms with E-state index in [9.17, 15) is 18.3 Å². The Bertz CT molecular complexity index is 1320. The van der Waals surface area contributed by atoms with Gasteiger partial charge in [0, 0.05) is 29.7 Å². The van der Waals surface area contributed by atoms with Gasteiger partial charge in [0.15, 0.2) is 0 Å². The standard InChI is InChI=1S/C22H23ClN5O5S2/c23-15-3-1-2-12(4-15)20(24)14-6-19(34-10-14)21(30)17-9-25-11-26-22(17)28-16-5-13(18(29)7-16)8-27-35(31,32)33/h1-4,6,8-11,13,16,18,20,27,29H,5,7,24H2,(H,25,26,28)(H,31,32,33)/t13-,16-,18+,20-/m1/s1. The highest BCUT2D eigenvalue weighted by Crippen LogP contribution is 2.32. The largest absolute Gasteiger partial charge is 0.393 e. The molecule has 1 aromatic carbocycles. The molecule has 1 saturated carbocycles. The first-order valence-corrected chi connectivity index (χ1v) is 13.3. The van der Waals surface area contributed by atoms with Crippen molar-refractivity contribution in [2.24, 2.45) is 11.7 Å². The van der Waals surface area contributed by atoms with Crippen LogP contribution in [-0.4, -0.2) is 46.0 Å². The molecule has 0 bridgehead atoms. The number of benzene rings is 1. The quantitative estimate of drug-likeness (QED) is 0.204. The average molecular weight is 537 g/mol. The Morgan fingerprint density at radius 1 is 1.29 bits per heavy atom. The van der Waals surface area contributed by atoms with Gasteiger partial charge in [0.2, 0.25) is 5.78 Å². The minimum absolute atomic E-state index is 0.259. The maximum atomic E-state index is 13.3. The first-order chi connectivity index (χ1) is 16.6. The number of carbonyl (C=O) groups excluding carboxylic acids is 1. The summed E-state index contributed by atoms with van der Waals surface area (Å²) in [4.78, 5) is 21.9. The van der Waals surface area contributed by atoms with Crippen LogP contribution in [0.4, 0.5) is 5.82 Å². The third-order valence-corrected chi connectivity index (χ3v) is 7.33. The number of aliphatic hydroxyl groups excluding tert-OH is 1. The maximum absolute atomic E-state index is 13.3. The topological polar surface area (TPSA) is 168 Å². The highest BCUT2D eigenvalue weighted by atomic mass is 35.5. The van der Waals surface area contributed by atoms with Gasteiger partial charge in [-0.15, -0.1) is 11.3 Å². The minimum Gasteiger partial charge on any atom is -0.393 e. The Hall–Kier alpha value is -2.45. The number of hydrogen-bond acceptors (Lipinski definition) is 9. The SMILES string of the molecule is N[C@H](c1cccc(Cl)c1)c1csc(C(=O)c2cncnc2N[C@H]2C[C@H](O)[C@@H]([CH]NS(=O)(=O)O)C2)c1. The van der Waals surface area contributed by atoms with Crippen LogP contribution in [0.1, 0.15) is 45.2 Å². The number of thiophene rings is 1. The molecule has 13 heteroatoms. The van der Waals surface area contributed by atoms with E-state index in [2.05, 4.69) is 15.3 Å². The van der Waals surface area contributed by atoms with Crippen LogP contribution in [0.15, 0.2) is 48.2 Å². The van der Waals surface area contributed by atoms with E-state index in [-0.39, 0.29) is 17.4 Å². The highest BCUT2D eigenvalue weighted by Gasteiger charge is 2.34. The maximum Gasteiger partial charge on any atom is 0.333 e. The predicted octanol–water partition coefficient (Wildman–Crippen LogP) is 2.58. The Labute approximate surface area is 211 Å². The molecule has 2 aromatic heterocycles. The molecule has 1 aliphatic carbocycles. The molecular weight excluding hydrogens is 514 g/mol. The summed E-state index contributed by atoms with van der Waals surface area (Å²) >= 11 is 7.33. The van der Waals surface area contributed by atoms with Crippen LogP contribution in [0.2, 0.25) is 5.02 Å². The van der Waals surface area contributed by atoms with Gasteiger partial charge in [-0.3, -0.25) is 9.35 Å². The summed E-state index contributed by atoms with van der Waals surface area (Å²) < 4.78 is 32.5. The lowest BCUT2D eigenvalue weighted by Gasteiger charge is -2.15. The second-order valence-corrected chi connectivity index (χ2v) is 10.7. The second kappa shape index (κ2) is 10.7. The van der Waals surface area contributed by atoms with E-state index in [1.54, 1.807) is 18.2 Å². The van der Waals surface area contributed by atoms with Gasteiger partial charge in [-0.05, 0) is 47.5 Å². The number of nitrogens with one attached hydrogen (secondary N) is 2. The summed E-state index contributed by atoms with van der Waals surface area (Å²) in [5.41, 5.74) is 8.23. The van der Waals surface area contributed by atoms with E-state index in [0.29, 0.717) is 28.6 Å². The molecule has 35 heavy (non-hydrogen) atoms. The first kappa shape index (κ1) is 25.6. The van der Waals surface area contributed by atoms with Crippen LogP contribution in [0.3, 0.4) is 0 Å². The van der Waals surface area contributed by atoms with Gasteiger partial charge in [-0.25, -0.2) is 9.97 Å². The van der Waals surface area contributed by atoms with Gasteiger partial charge in [0.05, 0.1) is 22.6 Å². The van der Waals surface area contributed by atoms with Gasteiger partial charge in [0.25, 0.3) is 0 Å². The van der Waals surface area contributed by atoms with Crippen LogP contribution in [0.5, 0.6) is 0 Å². The number of rotatable bonds is 9. The Morgan fingerprint density at radius 3 is 2.83 bits per heavy atom. The lowest BCUT2D eigenvalue weighted by Crippen LogP contribution is -2.27.